The lowest BCUT2D eigenvalue weighted by Crippen LogP contribution is -2.58. The molecule has 0 bridgehead atoms. The number of piperazine rings is 1. The fraction of sp³-hybridized carbons (Fsp3) is 0.684. The van der Waals surface area contributed by atoms with Crippen LogP contribution < -0.4 is 5.32 Å². The Balaban J connectivity index is 2.08. The van der Waals surface area contributed by atoms with E-state index in [1.807, 2.05) is 0 Å². The fourth-order valence-electron chi connectivity index (χ4n) is 3.50. The Kier molecular flexibility index (Phi) is 6.25. The second kappa shape index (κ2) is 7.95. The molecule has 1 saturated heterocycles. The van der Waals surface area contributed by atoms with E-state index in [0.717, 1.165) is 19.0 Å². The lowest BCUT2D eigenvalue weighted by atomic mass is 9.93. The molecule has 1 aliphatic heterocycles. The predicted octanol–water partition coefficient (Wildman–Crippen LogP) is 3.98. The molecule has 118 valence electrons. The summed E-state index contributed by atoms with van der Waals surface area (Å²) in [5, 5.41) is 3.77. The maximum atomic E-state index is 3.77. The number of benzene rings is 1. The Morgan fingerprint density at radius 1 is 1.33 bits per heavy atom. The highest BCUT2D eigenvalue weighted by Gasteiger charge is 2.30. The van der Waals surface area contributed by atoms with Crippen molar-refractivity contribution in [1.82, 2.24) is 10.2 Å². The minimum Gasteiger partial charge on any atom is -0.311 e. The second-order valence-electron chi connectivity index (χ2n) is 6.77. The van der Waals surface area contributed by atoms with E-state index in [-0.39, 0.29) is 0 Å². The summed E-state index contributed by atoms with van der Waals surface area (Å²) in [7, 11) is 0. The lowest BCUT2D eigenvalue weighted by molar-refractivity contribution is 0.0818. The van der Waals surface area contributed by atoms with Crippen molar-refractivity contribution in [1.29, 1.82) is 0 Å². The third-order valence-corrected chi connectivity index (χ3v) is 4.95. The van der Waals surface area contributed by atoms with E-state index in [1.54, 1.807) is 0 Å². The quantitative estimate of drug-likeness (QED) is 0.851. The van der Waals surface area contributed by atoms with Crippen molar-refractivity contribution in [3.8, 4) is 0 Å². The first-order valence-electron chi connectivity index (χ1n) is 8.67. The van der Waals surface area contributed by atoms with Gasteiger partial charge in [-0.2, -0.15) is 0 Å². The molecule has 0 radical (unpaired) electrons. The average molecular weight is 288 g/mol. The summed E-state index contributed by atoms with van der Waals surface area (Å²) >= 11 is 0. The third-order valence-electron chi connectivity index (χ3n) is 4.95. The zero-order chi connectivity index (χ0) is 15.2. The van der Waals surface area contributed by atoms with Gasteiger partial charge >= 0.3 is 0 Å². The summed E-state index contributed by atoms with van der Waals surface area (Å²) in [6, 6.07) is 10.3. The number of hydrogen-bond donors (Lipinski definition) is 1. The summed E-state index contributed by atoms with van der Waals surface area (Å²) in [5.74, 6) is 0.755. The van der Waals surface area contributed by atoms with E-state index >= 15 is 0 Å². The van der Waals surface area contributed by atoms with Crippen molar-refractivity contribution in [2.45, 2.75) is 65.6 Å². The Morgan fingerprint density at radius 2 is 2.14 bits per heavy atom. The molecule has 0 aliphatic carbocycles. The first kappa shape index (κ1) is 16.5. The molecule has 3 atom stereocenters. The smallest absolute Gasteiger partial charge is 0.0250 e. The van der Waals surface area contributed by atoms with Crippen LogP contribution in [0.4, 0.5) is 0 Å². The van der Waals surface area contributed by atoms with Crippen molar-refractivity contribution in [3.63, 3.8) is 0 Å². The topological polar surface area (TPSA) is 15.3 Å². The van der Waals surface area contributed by atoms with Gasteiger partial charge in [0.1, 0.15) is 0 Å². The van der Waals surface area contributed by atoms with Gasteiger partial charge in [-0.1, -0.05) is 63.4 Å². The van der Waals surface area contributed by atoms with Crippen LogP contribution in [0.1, 0.15) is 51.2 Å². The second-order valence-corrected chi connectivity index (χ2v) is 6.77. The Hall–Kier alpha value is -0.860. The fourth-order valence-corrected chi connectivity index (χ4v) is 3.50. The van der Waals surface area contributed by atoms with Gasteiger partial charge in [-0.25, -0.2) is 0 Å². The van der Waals surface area contributed by atoms with Crippen LogP contribution in [0, 0.1) is 12.8 Å². The van der Waals surface area contributed by atoms with Gasteiger partial charge in [0, 0.05) is 31.7 Å². The molecule has 1 aromatic rings. The first-order chi connectivity index (χ1) is 10.1. The summed E-state index contributed by atoms with van der Waals surface area (Å²) < 4.78 is 0. The normalized spacial score (nSPS) is 25.0. The zero-order valence-corrected chi connectivity index (χ0v) is 14.2. The Bertz CT molecular complexity index is 429. The van der Waals surface area contributed by atoms with Crippen LogP contribution in [0.5, 0.6) is 0 Å². The van der Waals surface area contributed by atoms with Crippen LogP contribution >= 0.6 is 0 Å². The van der Waals surface area contributed by atoms with Crippen LogP contribution in [-0.4, -0.2) is 30.1 Å². The van der Waals surface area contributed by atoms with Gasteiger partial charge in [0.2, 0.25) is 0 Å². The molecule has 1 heterocycles. The summed E-state index contributed by atoms with van der Waals surface area (Å²) in [6.45, 7) is 12.6. The molecule has 1 aliphatic rings. The molecule has 0 saturated carbocycles. The molecule has 2 heteroatoms. The SMILES string of the molecule is CCCC1CN(Cc2cccc(C)c2)C(C(C)CC)CN1. The average Bonchev–Trinajstić information content (AvgIpc) is 2.47. The van der Waals surface area contributed by atoms with Gasteiger partial charge in [-0.05, 0) is 24.8 Å². The Morgan fingerprint density at radius 3 is 2.81 bits per heavy atom. The third kappa shape index (κ3) is 4.55. The maximum absolute atomic E-state index is 3.77. The van der Waals surface area contributed by atoms with Crippen molar-refractivity contribution < 1.29 is 0 Å². The highest BCUT2D eigenvalue weighted by Crippen LogP contribution is 2.22. The maximum Gasteiger partial charge on any atom is 0.0250 e. The van der Waals surface area contributed by atoms with Crippen molar-refractivity contribution >= 4 is 0 Å². The van der Waals surface area contributed by atoms with E-state index in [0.29, 0.717) is 12.1 Å². The van der Waals surface area contributed by atoms with Crippen LogP contribution in [-0.2, 0) is 6.54 Å². The molecule has 0 spiro atoms. The van der Waals surface area contributed by atoms with Crippen molar-refractivity contribution in [2.75, 3.05) is 13.1 Å². The molecule has 3 unspecified atom stereocenters. The highest BCUT2D eigenvalue weighted by atomic mass is 15.2. The highest BCUT2D eigenvalue weighted by molar-refractivity contribution is 5.22. The van der Waals surface area contributed by atoms with Gasteiger partial charge in [0.05, 0.1) is 0 Å². The summed E-state index contributed by atoms with van der Waals surface area (Å²) in [6.07, 6.45) is 3.82. The minimum atomic E-state index is 0.667. The number of nitrogens with one attached hydrogen (secondary N) is 1. The van der Waals surface area contributed by atoms with Gasteiger partial charge in [0.25, 0.3) is 0 Å². The van der Waals surface area contributed by atoms with Gasteiger partial charge in [-0.3, -0.25) is 4.90 Å². The number of nitrogens with zero attached hydrogens (tertiary/aromatic N) is 1. The summed E-state index contributed by atoms with van der Waals surface area (Å²) in [5.41, 5.74) is 2.83. The van der Waals surface area contributed by atoms with Gasteiger partial charge in [0.15, 0.2) is 0 Å². The van der Waals surface area contributed by atoms with E-state index in [9.17, 15) is 0 Å². The first-order valence-corrected chi connectivity index (χ1v) is 8.67. The van der Waals surface area contributed by atoms with Crippen LogP contribution in [0.25, 0.3) is 0 Å². The number of rotatable bonds is 6. The van der Waals surface area contributed by atoms with E-state index < -0.39 is 0 Å². The molecule has 2 rings (SSSR count). The molecular formula is C19H32N2. The molecule has 2 nitrogen and oxygen atoms in total. The van der Waals surface area contributed by atoms with Gasteiger partial charge in [-0.15, -0.1) is 0 Å². The molecule has 1 fully saturated rings. The molecule has 1 aromatic carbocycles. The van der Waals surface area contributed by atoms with E-state index in [2.05, 4.69) is 62.2 Å². The van der Waals surface area contributed by atoms with Crippen molar-refractivity contribution in [2.24, 2.45) is 5.92 Å². The minimum absolute atomic E-state index is 0.667. The number of hydrogen-bond acceptors (Lipinski definition) is 2. The Labute approximate surface area is 130 Å². The number of aryl methyl sites for hydroxylation is 1. The summed E-state index contributed by atoms with van der Waals surface area (Å²) in [4.78, 5) is 2.72. The predicted molar refractivity (Wildman–Crippen MR) is 91.5 cm³/mol. The zero-order valence-electron chi connectivity index (χ0n) is 14.2. The molecule has 0 amide bonds. The molecule has 21 heavy (non-hydrogen) atoms. The largest absolute Gasteiger partial charge is 0.311 e. The van der Waals surface area contributed by atoms with Gasteiger partial charge < -0.3 is 5.32 Å². The van der Waals surface area contributed by atoms with E-state index in [1.165, 1.54) is 36.9 Å². The molecule has 0 aromatic heterocycles. The molecular weight excluding hydrogens is 256 g/mol. The van der Waals surface area contributed by atoms with Crippen molar-refractivity contribution in [3.05, 3.63) is 35.4 Å². The van der Waals surface area contributed by atoms with Crippen LogP contribution in [0.15, 0.2) is 24.3 Å². The lowest BCUT2D eigenvalue weighted by Gasteiger charge is -2.43. The van der Waals surface area contributed by atoms with E-state index in [4.69, 9.17) is 0 Å². The standard InChI is InChI=1S/C19H32N2/c1-5-8-18-14-21(19(12-20-18)16(4)6-2)13-17-10-7-9-15(3)11-17/h7,9-11,16,18-20H,5-6,8,12-14H2,1-4H3. The monoisotopic (exact) mass is 288 g/mol. The van der Waals surface area contributed by atoms with Crippen LogP contribution in [0.3, 0.4) is 0 Å². The van der Waals surface area contributed by atoms with Crippen LogP contribution in [0.2, 0.25) is 0 Å². The molecule has 1 N–H and O–H groups in total.